The lowest BCUT2D eigenvalue weighted by Gasteiger charge is -2.28. The topological polar surface area (TPSA) is 141 Å². The number of carbonyl (C=O) groups is 2. The van der Waals surface area contributed by atoms with Crippen LogP contribution >= 0.6 is 0 Å². The number of esters is 1. The van der Waals surface area contributed by atoms with Crippen LogP contribution in [0.2, 0.25) is 0 Å². The van der Waals surface area contributed by atoms with Gasteiger partial charge in [-0.15, -0.1) is 5.10 Å². The average molecular weight is 515 g/mol. The van der Waals surface area contributed by atoms with E-state index in [2.05, 4.69) is 34.1 Å². The van der Waals surface area contributed by atoms with Gasteiger partial charge in [0.05, 0.1) is 42.6 Å². The van der Waals surface area contributed by atoms with E-state index in [9.17, 15) is 14.8 Å². The lowest BCUT2D eigenvalue weighted by Crippen LogP contribution is -2.31. The van der Waals surface area contributed by atoms with Gasteiger partial charge in [0, 0.05) is 13.6 Å². The van der Waals surface area contributed by atoms with Gasteiger partial charge in [-0.05, 0) is 63.5 Å². The number of Topliss-reactive ketones (excluding diaryl/α,β-unsaturated/α-hetero) is 1. The molecule has 0 saturated heterocycles. The highest BCUT2D eigenvalue weighted by molar-refractivity contribution is 6.39. The Balaban J connectivity index is 1.71. The molecule has 2 aromatic heterocycles. The molecule has 0 aliphatic heterocycles. The van der Waals surface area contributed by atoms with Crippen molar-refractivity contribution >= 4 is 17.6 Å². The predicted molar refractivity (Wildman–Crippen MR) is 137 cm³/mol. The summed E-state index contributed by atoms with van der Waals surface area (Å²) in [4.78, 5) is 33.7. The van der Waals surface area contributed by atoms with Crippen LogP contribution in [0.3, 0.4) is 0 Å². The number of methoxy groups -OCH3 is 1. The Hall–Kier alpha value is -3.34. The minimum atomic E-state index is -0.368. The van der Waals surface area contributed by atoms with Gasteiger partial charge in [0.2, 0.25) is 5.78 Å². The van der Waals surface area contributed by atoms with E-state index in [-0.39, 0.29) is 36.0 Å². The van der Waals surface area contributed by atoms with Gasteiger partial charge in [-0.25, -0.2) is 10.5 Å². The number of ether oxygens (including phenoxy) is 2. The van der Waals surface area contributed by atoms with Crippen molar-refractivity contribution in [1.82, 2.24) is 25.5 Å². The van der Waals surface area contributed by atoms with E-state index in [0.29, 0.717) is 47.4 Å². The molecule has 2 atom stereocenters. The molecule has 3 rings (SSSR count). The number of hydroxylamine groups is 1. The lowest BCUT2D eigenvalue weighted by atomic mass is 9.87. The second kappa shape index (κ2) is 13.3. The van der Waals surface area contributed by atoms with Crippen molar-refractivity contribution in [3.63, 3.8) is 0 Å². The molecule has 1 saturated carbocycles. The van der Waals surface area contributed by atoms with E-state index in [0.717, 1.165) is 32.1 Å². The molecule has 0 unspecified atom stereocenters. The minimum Gasteiger partial charge on any atom is -0.489 e. The Morgan fingerprint density at radius 2 is 2.08 bits per heavy atom. The number of nitrogens with zero attached hydrogens (tertiary/aromatic N) is 5. The molecule has 2 N–H and O–H groups in total. The Labute approximate surface area is 217 Å². The third-order valence-electron chi connectivity index (χ3n) is 6.58. The summed E-state index contributed by atoms with van der Waals surface area (Å²) in [5, 5.41) is 17.8. The standard InChI is InChI=1S/C26H38N6O5/c1-16(2)8-7-13-27-25(30-35)22(33)15-21-24(29-31-32(21)4)20-11-12-23(17(3)28-20)37-19-10-6-9-18(14-19)26(34)36-5/h11-12,16,18-19,35H,6-10,13-15H2,1-5H3,(H,27,30)/t18-,19-/m0/s1. The van der Waals surface area contributed by atoms with E-state index in [1.165, 1.54) is 11.8 Å². The molecule has 0 bridgehead atoms. The first-order valence-corrected chi connectivity index (χ1v) is 12.8. The summed E-state index contributed by atoms with van der Waals surface area (Å²) in [7, 11) is 3.12. The number of hydrogen-bond acceptors (Lipinski definition) is 9. The van der Waals surface area contributed by atoms with Crippen LogP contribution < -0.4 is 10.2 Å². The van der Waals surface area contributed by atoms with E-state index in [4.69, 9.17) is 9.47 Å². The molecule has 1 aliphatic carbocycles. The highest BCUT2D eigenvalue weighted by Gasteiger charge is 2.29. The van der Waals surface area contributed by atoms with Crippen LogP contribution in [0, 0.1) is 18.8 Å². The summed E-state index contributed by atoms with van der Waals surface area (Å²) in [6.07, 6.45) is 4.88. The van der Waals surface area contributed by atoms with Crippen LogP contribution in [0.15, 0.2) is 17.1 Å². The zero-order chi connectivity index (χ0) is 26.9. The molecule has 0 spiro atoms. The maximum Gasteiger partial charge on any atom is 0.308 e. The van der Waals surface area contributed by atoms with Crippen LogP contribution in [-0.2, 0) is 27.8 Å². The smallest absolute Gasteiger partial charge is 0.308 e. The molecule has 0 radical (unpaired) electrons. The summed E-state index contributed by atoms with van der Waals surface area (Å²) in [5.41, 5.74) is 4.21. The van der Waals surface area contributed by atoms with Gasteiger partial charge in [-0.2, -0.15) is 0 Å². The van der Waals surface area contributed by atoms with Crippen molar-refractivity contribution in [3.05, 3.63) is 23.5 Å². The van der Waals surface area contributed by atoms with E-state index >= 15 is 0 Å². The number of aryl methyl sites for hydroxylation is 2. The van der Waals surface area contributed by atoms with Crippen LogP contribution in [0.5, 0.6) is 5.75 Å². The lowest BCUT2D eigenvalue weighted by molar-refractivity contribution is -0.147. The van der Waals surface area contributed by atoms with Gasteiger partial charge in [-0.3, -0.25) is 24.5 Å². The first kappa shape index (κ1) is 28.2. The first-order chi connectivity index (χ1) is 17.7. The molecular weight excluding hydrogens is 476 g/mol. The van der Waals surface area contributed by atoms with Gasteiger partial charge >= 0.3 is 5.97 Å². The zero-order valence-corrected chi connectivity index (χ0v) is 22.4. The number of aromatic nitrogens is 4. The molecule has 37 heavy (non-hydrogen) atoms. The summed E-state index contributed by atoms with van der Waals surface area (Å²) < 4.78 is 12.6. The van der Waals surface area contributed by atoms with Crippen molar-refractivity contribution in [3.8, 4) is 17.1 Å². The molecule has 0 amide bonds. The SMILES string of the molecule is COC(=O)[C@H]1CCC[C@H](Oc2ccc(-c3nnn(C)c3CC(=O)C(=NCCCC(C)C)NO)nc2C)C1. The molecule has 11 heteroatoms. The van der Waals surface area contributed by atoms with Gasteiger partial charge in [0.15, 0.2) is 5.84 Å². The van der Waals surface area contributed by atoms with Crippen molar-refractivity contribution in [2.75, 3.05) is 13.7 Å². The van der Waals surface area contributed by atoms with E-state index < -0.39 is 0 Å². The normalized spacial score (nSPS) is 18.1. The monoisotopic (exact) mass is 514 g/mol. The van der Waals surface area contributed by atoms with Crippen LogP contribution in [0.25, 0.3) is 11.4 Å². The minimum absolute atomic E-state index is 0.0502. The Morgan fingerprint density at radius 1 is 1.30 bits per heavy atom. The molecule has 1 fully saturated rings. The van der Waals surface area contributed by atoms with Crippen LogP contribution in [0.1, 0.15) is 63.8 Å². The molecule has 202 valence electrons. The second-order valence-corrected chi connectivity index (χ2v) is 9.89. The largest absolute Gasteiger partial charge is 0.489 e. The van der Waals surface area contributed by atoms with E-state index in [1.54, 1.807) is 13.1 Å². The van der Waals surface area contributed by atoms with Crippen molar-refractivity contribution in [2.45, 2.75) is 71.8 Å². The predicted octanol–water partition coefficient (Wildman–Crippen LogP) is 3.22. The Kier molecular flexibility index (Phi) is 10.1. The highest BCUT2D eigenvalue weighted by Crippen LogP contribution is 2.31. The van der Waals surface area contributed by atoms with Gasteiger partial charge in [-0.1, -0.05) is 19.1 Å². The zero-order valence-electron chi connectivity index (χ0n) is 22.4. The number of aliphatic imine (C=N–C) groups is 1. The summed E-state index contributed by atoms with van der Waals surface area (Å²) in [6, 6.07) is 3.61. The fourth-order valence-electron chi connectivity index (χ4n) is 4.50. The first-order valence-electron chi connectivity index (χ1n) is 12.8. The number of ketones is 1. The molecule has 2 aromatic rings. The third kappa shape index (κ3) is 7.58. The van der Waals surface area contributed by atoms with Crippen molar-refractivity contribution < 1.29 is 24.3 Å². The van der Waals surface area contributed by atoms with Gasteiger partial charge < -0.3 is 9.47 Å². The van der Waals surface area contributed by atoms with Crippen molar-refractivity contribution in [1.29, 1.82) is 0 Å². The number of hydrogen-bond donors (Lipinski definition) is 2. The molecule has 2 heterocycles. The highest BCUT2D eigenvalue weighted by atomic mass is 16.5. The maximum absolute atomic E-state index is 12.8. The third-order valence-corrected chi connectivity index (χ3v) is 6.58. The number of pyridine rings is 1. The number of nitrogens with one attached hydrogen (secondary N) is 1. The maximum atomic E-state index is 12.8. The van der Waals surface area contributed by atoms with Crippen LogP contribution in [0.4, 0.5) is 0 Å². The molecule has 0 aromatic carbocycles. The summed E-state index contributed by atoms with van der Waals surface area (Å²) in [6.45, 7) is 6.55. The Bertz CT molecular complexity index is 1110. The molecule has 11 nitrogen and oxygen atoms in total. The van der Waals surface area contributed by atoms with E-state index in [1.807, 2.05) is 18.5 Å². The second-order valence-electron chi connectivity index (χ2n) is 9.89. The summed E-state index contributed by atoms with van der Waals surface area (Å²) >= 11 is 0. The molecular formula is C26H38N6O5. The fourth-order valence-corrected chi connectivity index (χ4v) is 4.50. The van der Waals surface area contributed by atoms with Gasteiger partial charge in [0.25, 0.3) is 0 Å². The van der Waals surface area contributed by atoms with Crippen molar-refractivity contribution in [2.24, 2.45) is 23.9 Å². The summed E-state index contributed by atoms with van der Waals surface area (Å²) in [5.74, 6) is 0.401. The van der Waals surface area contributed by atoms with Crippen LogP contribution in [-0.4, -0.2) is 62.5 Å². The number of amidine groups is 1. The number of rotatable bonds is 11. The fraction of sp³-hybridized carbons (Fsp3) is 0.615. The quantitative estimate of drug-likeness (QED) is 0.152. The molecule has 1 aliphatic rings. The Morgan fingerprint density at radius 3 is 2.76 bits per heavy atom. The average Bonchev–Trinajstić information content (AvgIpc) is 3.24. The number of carbonyl (C=O) groups excluding carboxylic acids is 2. The van der Waals surface area contributed by atoms with Gasteiger partial charge in [0.1, 0.15) is 11.4 Å².